The lowest BCUT2D eigenvalue weighted by atomic mass is 10.2. The molecule has 0 saturated carbocycles. The van der Waals surface area contributed by atoms with Crippen LogP contribution < -0.4 is 10.5 Å². The molecule has 0 heterocycles. The van der Waals surface area contributed by atoms with Crippen LogP contribution in [0.1, 0.15) is 12.0 Å². The minimum atomic E-state index is -1.10. The molecule has 0 amide bonds. The van der Waals surface area contributed by atoms with Crippen LogP contribution in [0.4, 0.5) is 5.69 Å². The Balaban J connectivity index is 2.64. The van der Waals surface area contributed by atoms with Crippen LogP contribution in [0.2, 0.25) is 0 Å². The molecule has 0 fully saturated rings. The zero-order chi connectivity index (χ0) is 13.7. The predicted molar refractivity (Wildman–Crippen MR) is 63.6 cm³/mol. The fourth-order valence-corrected chi connectivity index (χ4v) is 1.28. The first kappa shape index (κ1) is 13.9. The van der Waals surface area contributed by atoms with Gasteiger partial charge in [-0.2, -0.15) is 0 Å². The monoisotopic (exact) mass is 254 g/mol. The number of aliphatic carboxylic acids is 1. The van der Waals surface area contributed by atoms with E-state index in [1.54, 1.807) is 13.0 Å². The molecule has 7 heteroatoms. The normalized spacial score (nSPS) is 11.9. The molecule has 3 N–H and O–H groups in total. The number of nitro benzene ring substituents is 1. The van der Waals surface area contributed by atoms with Gasteiger partial charge < -0.3 is 15.6 Å². The van der Waals surface area contributed by atoms with Crippen molar-refractivity contribution in [2.45, 2.75) is 19.4 Å². The molecule has 0 bridgehead atoms. The molecule has 1 aromatic carbocycles. The molecule has 0 aliphatic heterocycles. The van der Waals surface area contributed by atoms with Gasteiger partial charge in [-0.3, -0.25) is 14.9 Å². The third kappa shape index (κ3) is 3.70. The molecular formula is C11H14N2O5. The van der Waals surface area contributed by atoms with Crippen LogP contribution in [0.25, 0.3) is 0 Å². The Morgan fingerprint density at radius 3 is 2.83 bits per heavy atom. The minimum absolute atomic E-state index is 0.0712. The van der Waals surface area contributed by atoms with Gasteiger partial charge in [0.15, 0.2) is 0 Å². The van der Waals surface area contributed by atoms with Crippen LogP contribution >= 0.6 is 0 Å². The van der Waals surface area contributed by atoms with Gasteiger partial charge in [-0.15, -0.1) is 0 Å². The van der Waals surface area contributed by atoms with Gasteiger partial charge in [-0.25, -0.2) is 0 Å². The van der Waals surface area contributed by atoms with E-state index in [0.29, 0.717) is 5.75 Å². The third-order valence-electron chi connectivity index (χ3n) is 2.39. The fraction of sp³-hybridized carbons (Fsp3) is 0.364. The Hall–Kier alpha value is -2.15. The van der Waals surface area contributed by atoms with Crippen molar-refractivity contribution in [3.05, 3.63) is 33.9 Å². The number of hydrogen-bond acceptors (Lipinski definition) is 5. The van der Waals surface area contributed by atoms with Gasteiger partial charge in [0.2, 0.25) is 0 Å². The molecule has 0 aromatic heterocycles. The van der Waals surface area contributed by atoms with Gasteiger partial charge in [0.25, 0.3) is 5.69 Å². The fourth-order valence-electron chi connectivity index (χ4n) is 1.28. The Kier molecular flexibility index (Phi) is 4.61. The Morgan fingerprint density at radius 1 is 1.61 bits per heavy atom. The van der Waals surface area contributed by atoms with Crippen molar-refractivity contribution < 1.29 is 19.6 Å². The topological polar surface area (TPSA) is 116 Å². The first-order chi connectivity index (χ1) is 8.41. The van der Waals surface area contributed by atoms with E-state index in [1.807, 2.05) is 0 Å². The summed E-state index contributed by atoms with van der Waals surface area (Å²) in [5.74, 6) is -0.740. The molecule has 18 heavy (non-hydrogen) atoms. The van der Waals surface area contributed by atoms with Gasteiger partial charge in [-0.05, 0) is 18.6 Å². The summed E-state index contributed by atoms with van der Waals surface area (Å²) in [5.41, 5.74) is 5.98. The van der Waals surface area contributed by atoms with E-state index >= 15 is 0 Å². The lowest BCUT2D eigenvalue weighted by Crippen LogP contribution is -2.31. The second-order valence-electron chi connectivity index (χ2n) is 3.79. The molecule has 0 saturated heterocycles. The third-order valence-corrected chi connectivity index (χ3v) is 2.39. The minimum Gasteiger partial charge on any atom is -0.493 e. The van der Waals surface area contributed by atoms with Gasteiger partial charge >= 0.3 is 5.97 Å². The standard InChI is InChI=1S/C11H14N2O5/c1-7-2-3-8(13(16)17)6-10(7)18-5-4-9(12)11(14)15/h2-3,6,9H,4-5,12H2,1H3,(H,14,15). The summed E-state index contributed by atoms with van der Waals surface area (Å²) < 4.78 is 5.30. The number of ether oxygens (including phenoxy) is 1. The van der Waals surface area contributed by atoms with Crippen molar-refractivity contribution in [1.29, 1.82) is 0 Å². The summed E-state index contributed by atoms with van der Waals surface area (Å²) in [6.45, 7) is 1.84. The number of nitro groups is 1. The largest absolute Gasteiger partial charge is 0.493 e. The maximum Gasteiger partial charge on any atom is 0.320 e. The van der Waals surface area contributed by atoms with Gasteiger partial charge in [0.05, 0.1) is 17.6 Å². The van der Waals surface area contributed by atoms with Gasteiger partial charge in [0, 0.05) is 12.5 Å². The zero-order valence-corrected chi connectivity index (χ0v) is 9.83. The maximum atomic E-state index is 10.6. The van der Waals surface area contributed by atoms with Crippen molar-refractivity contribution in [3.8, 4) is 5.75 Å². The zero-order valence-electron chi connectivity index (χ0n) is 9.83. The van der Waals surface area contributed by atoms with E-state index in [1.165, 1.54) is 12.1 Å². The highest BCUT2D eigenvalue weighted by atomic mass is 16.6. The van der Waals surface area contributed by atoms with Crippen LogP contribution in [-0.2, 0) is 4.79 Å². The molecule has 0 spiro atoms. The number of nitrogens with two attached hydrogens (primary N) is 1. The molecule has 0 radical (unpaired) electrons. The highest BCUT2D eigenvalue weighted by molar-refractivity contribution is 5.72. The van der Waals surface area contributed by atoms with Gasteiger partial charge in [0.1, 0.15) is 11.8 Å². The molecule has 1 aromatic rings. The lowest BCUT2D eigenvalue weighted by molar-refractivity contribution is -0.384. The number of rotatable bonds is 6. The van der Waals surface area contributed by atoms with Crippen LogP contribution in [0.3, 0.4) is 0 Å². The van der Waals surface area contributed by atoms with Crippen molar-refractivity contribution in [2.24, 2.45) is 5.73 Å². The Bertz CT molecular complexity index is 461. The van der Waals surface area contributed by atoms with Crippen molar-refractivity contribution in [2.75, 3.05) is 6.61 Å². The number of carboxylic acids is 1. The first-order valence-corrected chi connectivity index (χ1v) is 5.28. The second-order valence-corrected chi connectivity index (χ2v) is 3.79. The molecule has 0 aliphatic rings. The summed E-state index contributed by atoms with van der Waals surface area (Å²) in [6.07, 6.45) is 0.136. The number of hydrogen-bond donors (Lipinski definition) is 2. The first-order valence-electron chi connectivity index (χ1n) is 5.28. The molecule has 1 atom stereocenters. The number of non-ortho nitro benzene ring substituents is 1. The van der Waals surface area contributed by atoms with Crippen LogP contribution in [-0.4, -0.2) is 28.6 Å². The SMILES string of the molecule is Cc1ccc([N+](=O)[O-])cc1OCCC(N)C(=O)O. The number of aryl methyl sites for hydroxylation is 1. The van der Waals surface area contributed by atoms with E-state index < -0.39 is 16.9 Å². The van der Waals surface area contributed by atoms with E-state index in [9.17, 15) is 14.9 Å². The quantitative estimate of drug-likeness (QED) is 0.579. The average Bonchev–Trinajstić information content (AvgIpc) is 2.30. The summed E-state index contributed by atoms with van der Waals surface area (Å²) in [5, 5.41) is 19.2. The smallest absolute Gasteiger partial charge is 0.320 e. The summed E-state index contributed by atoms with van der Waals surface area (Å²) in [4.78, 5) is 20.6. The van der Waals surface area contributed by atoms with Gasteiger partial charge in [-0.1, -0.05) is 0 Å². The highest BCUT2D eigenvalue weighted by Crippen LogP contribution is 2.24. The van der Waals surface area contributed by atoms with Crippen molar-refractivity contribution in [1.82, 2.24) is 0 Å². The molecular weight excluding hydrogens is 240 g/mol. The summed E-state index contributed by atoms with van der Waals surface area (Å²) >= 11 is 0. The number of carbonyl (C=O) groups is 1. The Morgan fingerprint density at radius 2 is 2.28 bits per heavy atom. The summed E-state index contributed by atoms with van der Waals surface area (Å²) in [6, 6.07) is 3.27. The number of benzene rings is 1. The Labute approximate surface area is 103 Å². The highest BCUT2D eigenvalue weighted by Gasteiger charge is 2.13. The number of nitrogens with zero attached hydrogens (tertiary/aromatic N) is 1. The van der Waals surface area contributed by atoms with Crippen LogP contribution in [0.15, 0.2) is 18.2 Å². The van der Waals surface area contributed by atoms with Crippen molar-refractivity contribution in [3.63, 3.8) is 0 Å². The van der Waals surface area contributed by atoms with E-state index in [2.05, 4.69) is 0 Å². The summed E-state index contributed by atoms with van der Waals surface area (Å²) in [7, 11) is 0. The van der Waals surface area contributed by atoms with Crippen LogP contribution in [0.5, 0.6) is 5.75 Å². The predicted octanol–water partition coefficient (Wildman–Crippen LogP) is 1.08. The lowest BCUT2D eigenvalue weighted by Gasteiger charge is -2.10. The van der Waals surface area contributed by atoms with E-state index in [0.717, 1.165) is 5.56 Å². The molecule has 7 nitrogen and oxygen atoms in total. The molecule has 1 rings (SSSR count). The van der Waals surface area contributed by atoms with E-state index in [4.69, 9.17) is 15.6 Å². The molecule has 0 aliphatic carbocycles. The number of carboxylic acid groups (broad SMARTS) is 1. The van der Waals surface area contributed by atoms with E-state index in [-0.39, 0.29) is 18.7 Å². The van der Waals surface area contributed by atoms with Crippen LogP contribution in [0, 0.1) is 17.0 Å². The molecule has 1 unspecified atom stereocenters. The maximum absolute atomic E-state index is 10.6. The second kappa shape index (κ2) is 5.97. The average molecular weight is 254 g/mol. The molecule has 98 valence electrons. The van der Waals surface area contributed by atoms with Crippen molar-refractivity contribution >= 4 is 11.7 Å².